The summed E-state index contributed by atoms with van der Waals surface area (Å²) in [5.74, 6) is 0.206. The van der Waals surface area contributed by atoms with E-state index in [-0.39, 0.29) is 16.3 Å². The van der Waals surface area contributed by atoms with Crippen molar-refractivity contribution >= 4 is 9.84 Å². The largest absolute Gasteiger partial charge is 0.495 e. The lowest BCUT2D eigenvalue weighted by atomic mass is 10.0. The van der Waals surface area contributed by atoms with Crippen molar-refractivity contribution in [3.8, 4) is 11.8 Å². The van der Waals surface area contributed by atoms with Crippen LogP contribution in [0.4, 0.5) is 0 Å². The Morgan fingerprint density at radius 3 is 2.63 bits per heavy atom. The Kier molecular flexibility index (Phi) is 4.05. The number of hydrogen-bond acceptors (Lipinski definition) is 5. The molecule has 0 radical (unpaired) electrons. The first-order valence-corrected chi connectivity index (χ1v) is 7.83. The van der Waals surface area contributed by atoms with E-state index < -0.39 is 15.1 Å². The molecule has 6 heteroatoms. The highest BCUT2D eigenvalue weighted by molar-refractivity contribution is 7.92. The molecule has 102 valence electrons. The van der Waals surface area contributed by atoms with Gasteiger partial charge in [-0.1, -0.05) is 19.3 Å². The minimum Gasteiger partial charge on any atom is -0.495 e. The van der Waals surface area contributed by atoms with Crippen LogP contribution in [0.2, 0.25) is 0 Å². The van der Waals surface area contributed by atoms with Crippen LogP contribution < -0.4 is 4.74 Å². The van der Waals surface area contributed by atoms with E-state index in [1.165, 1.54) is 19.4 Å². The van der Waals surface area contributed by atoms with Crippen LogP contribution in [-0.4, -0.2) is 25.8 Å². The van der Waals surface area contributed by atoms with E-state index in [4.69, 9.17) is 10.00 Å². The third-order valence-corrected chi connectivity index (χ3v) is 5.78. The maximum atomic E-state index is 12.7. The molecule has 1 aromatic rings. The van der Waals surface area contributed by atoms with Crippen molar-refractivity contribution in [3.05, 3.63) is 18.0 Å². The SMILES string of the molecule is COc1ccnc(C#N)c1S(=O)(=O)C1CCCCC1. The van der Waals surface area contributed by atoms with E-state index in [0.717, 1.165) is 19.3 Å². The molecule has 0 aromatic carbocycles. The molecule has 1 aliphatic rings. The van der Waals surface area contributed by atoms with Crippen LogP contribution >= 0.6 is 0 Å². The summed E-state index contributed by atoms with van der Waals surface area (Å²) >= 11 is 0. The molecule has 5 nitrogen and oxygen atoms in total. The van der Waals surface area contributed by atoms with Gasteiger partial charge in [0, 0.05) is 6.20 Å². The maximum absolute atomic E-state index is 12.7. The minimum absolute atomic E-state index is 0.0492. The number of methoxy groups -OCH3 is 1. The standard InChI is InChI=1S/C13H16N2O3S/c1-18-12-7-8-15-11(9-14)13(12)19(16,17)10-5-3-2-4-6-10/h7-8,10H,2-6H2,1H3. The normalized spacial score (nSPS) is 16.8. The van der Waals surface area contributed by atoms with Crippen molar-refractivity contribution < 1.29 is 13.2 Å². The lowest BCUT2D eigenvalue weighted by Gasteiger charge is -2.22. The first-order valence-electron chi connectivity index (χ1n) is 6.28. The summed E-state index contributed by atoms with van der Waals surface area (Å²) in [6, 6.07) is 3.33. The van der Waals surface area contributed by atoms with Crippen LogP contribution in [0.5, 0.6) is 5.75 Å². The molecule has 1 heterocycles. The molecular formula is C13H16N2O3S. The van der Waals surface area contributed by atoms with Gasteiger partial charge in [-0.15, -0.1) is 0 Å². The summed E-state index contributed by atoms with van der Waals surface area (Å²) in [7, 11) is -2.16. The Morgan fingerprint density at radius 2 is 2.05 bits per heavy atom. The molecule has 19 heavy (non-hydrogen) atoms. The van der Waals surface area contributed by atoms with E-state index in [9.17, 15) is 8.42 Å². The number of sulfone groups is 1. The molecule has 2 rings (SSSR count). The van der Waals surface area contributed by atoms with Gasteiger partial charge in [-0.3, -0.25) is 0 Å². The van der Waals surface area contributed by atoms with Gasteiger partial charge in [0.2, 0.25) is 0 Å². The smallest absolute Gasteiger partial charge is 0.187 e. The zero-order valence-corrected chi connectivity index (χ0v) is 11.6. The van der Waals surface area contributed by atoms with Crippen molar-refractivity contribution in [2.45, 2.75) is 42.2 Å². The van der Waals surface area contributed by atoms with E-state index in [1.807, 2.05) is 6.07 Å². The molecule has 0 saturated heterocycles. The Bertz CT molecular complexity index is 599. The Morgan fingerprint density at radius 1 is 1.37 bits per heavy atom. The van der Waals surface area contributed by atoms with Crippen molar-refractivity contribution in [1.82, 2.24) is 4.98 Å². The molecule has 0 atom stereocenters. The molecule has 1 fully saturated rings. The van der Waals surface area contributed by atoms with Crippen LogP contribution in [0.3, 0.4) is 0 Å². The van der Waals surface area contributed by atoms with Crippen LogP contribution in [0.1, 0.15) is 37.8 Å². The van der Waals surface area contributed by atoms with E-state index >= 15 is 0 Å². The number of nitrogens with zero attached hydrogens (tertiary/aromatic N) is 2. The van der Waals surface area contributed by atoms with Crippen molar-refractivity contribution in [2.24, 2.45) is 0 Å². The Balaban J connectivity index is 2.53. The second-order valence-electron chi connectivity index (χ2n) is 4.61. The topological polar surface area (TPSA) is 80.0 Å². The van der Waals surface area contributed by atoms with Gasteiger partial charge >= 0.3 is 0 Å². The van der Waals surface area contributed by atoms with Gasteiger partial charge in [0.1, 0.15) is 16.7 Å². The number of nitriles is 1. The predicted molar refractivity (Wildman–Crippen MR) is 69.6 cm³/mol. The second-order valence-corrected chi connectivity index (χ2v) is 6.77. The third kappa shape index (κ3) is 2.56. The van der Waals surface area contributed by atoms with Crippen molar-refractivity contribution in [3.63, 3.8) is 0 Å². The van der Waals surface area contributed by atoms with Crippen molar-refractivity contribution in [2.75, 3.05) is 7.11 Å². The predicted octanol–water partition coefficient (Wildman–Crippen LogP) is 2.07. The third-order valence-electron chi connectivity index (χ3n) is 3.47. The Labute approximate surface area is 113 Å². The van der Waals surface area contributed by atoms with Gasteiger partial charge in [-0.25, -0.2) is 13.4 Å². The van der Waals surface area contributed by atoms with Crippen LogP contribution in [0.15, 0.2) is 17.2 Å². The van der Waals surface area contributed by atoms with Crippen LogP contribution in [-0.2, 0) is 9.84 Å². The van der Waals surface area contributed by atoms with E-state index in [0.29, 0.717) is 12.8 Å². The number of hydrogen-bond donors (Lipinski definition) is 0. The van der Waals surface area contributed by atoms with Crippen LogP contribution in [0, 0.1) is 11.3 Å². The number of rotatable bonds is 3. The highest BCUT2D eigenvalue weighted by Crippen LogP contribution is 2.34. The minimum atomic E-state index is -3.56. The molecule has 1 aliphatic carbocycles. The fraction of sp³-hybridized carbons (Fsp3) is 0.538. The molecule has 0 aliphatic heterocycles. The molecule has 1 saturated carbocycles. The first kappa shape index (κ1) is 13.8. The number of aromatic nitrogens is 1. The molecule has 1 aromatic heterocycles. The fourth-order valence-electron chi connectivity index (χ4n) is 2.49. The maximum Gasteiger partial charge on any atom is 0.187 e. The molecule has 0 amide bonds. The zero-order chi connectivity index (χ0) is 13.9. The summed E-state index contributed by atoms with van der Waals surface area (Å²) in [6.07, 6.45) is 5.57. The van der Waals surface area contributed by atoms with Gasteiger partial charge in [-0.05, 0) is 18.9 Å². The molecule has 0 unspecified atom stereocenters. The zero-order valence-electron chi connectivity index (χ0n) is 10.8. The van der Waals surface area contributed by atoms with Crippen molar-refractivity contribution in [1.29, 1.82) is 5.26 Å². The summed E-state index contributed by atoms with van der Waals surface area (Å²) < 4.78 is 30.4. The van der Waals surface area contributed by atoms with Gasteiger partial charge < -0.3 is 4.74 Å². The van der Waals surface area contributed by atoms with Crippen LogP contribution in [0.25, 0.3) is 0 Å². The highest BCUT2D eigenvalue weighted by atomic mass is 32.2. The fourth-order valence-corrected chi connectivity index (χ4v) is 4.57. The second kappa shape index (κ2) is 5.57. The summed E-state index contributed by atoms with van der Waals surface area (Å²) in [5.41, 5.74) is -0.0788. The quantitative estimate of drug-likeness (QED) is 0.846. The molecular weight excluding hydrogens is 264 g/mol. The number of ether oxygens (including phenoxy) is 1. The average Bonchev–Trinajstić information content (AvgIpc) is 2.47. The summed E-state index contributed by atoms with van der Waals surface area (Å²) in [5, 5.41) is 8.64. The highest BCUT2D eigenvalue weighted by Gasteiger charge is 2.34. The first-order chi connectivity index (χ1) is 9.11. The number of pyridine rings is 1. The monoisotopic (exact) mass is 280 g/mol. The molecule has 0 N–H and O–H groups in total. The Hall–Kier alpha value is -1.61. The lowest BCUT2D eigenvalue weighted by Crippen LogP contribution is -2.25. The average molecular weight is 280 g/mol. The molecule has 0 bridgehead atoms. The van der Waals surface area contributed by atoms with Gasteiger partial charge in [0.15, 0.2) is 15.5 Å². The van der Waals surface area contributed by atoms with E-state index in [2.05, 4.69) is 4.98 Å². The summed E-state index contributed by atoms with van der Waals surface area (Å²) in [4.78, 5) is 3.80. The van der Waals surface area contributed by atoms with E-state index in [1.54, 1.807) is 0 Å². The van der Waals surface area contributed by atoms with Gasteiger partial charge in [0.25, 0.3) is 0 Å². The van der Waals surface area contributed by atoms with Gasteiger partial charge in [-0.2, -0.15) is 5.26 Å². The lowest BCUT2D eigenvalue weighted by molar-refractivity contribution is 0.399. The molecule has 0 spiro atoms. The van der Waals surface area contributed by atoms with Gasteiger partial charge in [0.05, 0.1) is 12.4 Å². The summed E-state index contributed by atoms with van der Waals surface area (Å²) in [6.45, 7) is 0.